The Bertz CT molecular complexity index is 1350. The van der Waals surface area contributed by atoms with E-state index in [0.29, 0.717) is 36.3 Å². The molecule has 5 N–H and O–H groups in total. The number of hydrogen-bond donors (Lipinski definition) is 5. The van der Waals surface area contributed by atoms with E-state index >= 15 is 0 Å². The molecular weight excluding hydrogens is 428 g/mol. The van der Waals surface area contributed by atoms with Crippen molar-refractivity contribution in [1.82, 2.24) is 19.9 Å². The molecule has 34 heavy (non-hydrogen) atoms. The van der Waals surface area contributed by atoms with E-state index in [-0.39, 0.29) is 12.2 Å². The lowest BCUT2D eigenvalue weighted by Crippen LogP contribution is -2.53. The maximum absolute atomic E-state index is 13.5. The van der Waals surface area contributed by atoms with Gasteiger partial charge in [0, 0.05) is 36.8 Å². The van der Waals surface area contributed by atoms with Crippen LogP contribution >= 0.6 is 0 Å². The van der Waals surface area contributed by atoms with E-state index in [1.807, 2.05) is 36.4 Å². The number of aromatic nitrogens is 3. The lowest BCUT2D eigenvalue weighted by Gasteiger charge is -2.45. The second kappa shape index (κ2) is 8.77. The highest BCUT2D eigenvalue weighted by atomic mass is 16.3. The third-order valence-electron chi connectivity index (χ3n) is 7.29. The molecule has 3 aliphatic rings. The molecule has 4 aromatic rings. The number of nitrogens with one attached hydrogen (secondary N) is 4. The van der Waals surface area contributed by atoms with Crippen LogP contribution < -0.4 is 16.2 Å². The number of imidazole rings is 1. The predicted octanol–water partition coefficient (Wildman–Crippen LogP) is 3.37. The Kier molecular flexibility index (Phi) is 5.47. The van der Waals surface area contributed by atoms with Gasteiger partial charge in [-0.2, -0.15) is 0 Å². The molecule has 5 heterocycles. The zero-order chi connectivity index (χ0) is 23.1. The Morgan fingerprint density at radius 3 is 2.71 bits per heavy atom. The summed E-state index contributed by atoms with van der Waals surface area (Å²) in [6.07, 6.45) is 3.06. The molecule has 7 rings (SSSR count). The zero-order valence-electron chi connectivity index (χ0n) is 19.1. The van der Waals surface area contributed by atoms with Crippen molar-refractivity contribution >= 4 is 33.3 Å². The average Bonchev–Trinajstić information content (AvgIpc) is 3.28. The van der Waals surface area contributed by atoms with Crippen molar-refractivity contribution < 1.29 is 5.11 Å². The van der Waals surface area contributed by atoms with Gasteiger partial charge in [0.2, 0.25) is 0 Å². The Hall–Kier alpha value is -3.36. The van der Waals surface area contributed by atoms with Crippen molar-refractivity contribution in [1.29, 1.82) is 0 Å². The molecule has 1 atom stereocenters. The van der Waals surface area contributed by atoms with Crippen LogP contribution in [-0.4, -0.2) is 63.8 Å². The molecule has 0 aliphatic carbocycles. The van der Waals surface area contributed by atoms with E-state index in [2.05, 4.69) is 31.6 Å². The molecule has 2 aromatic carbocycles. The van der Waals surface area contributed by atoms with Gasteiger partial charge in [-0.15, -0.1) is 0 Å². The number of fused-ring (bicyclic) bond motifs is 5. The Morgan fingerprint density at radius 1 is 1.09 bits per heavy atom. The molecule has 0 unspecified atom stereocenters. The Morgan fingerprint density at radius 2 is 1.94 bits per heavy atom. The summed E-state index contributed by atoms with van der Waals surface area (Å²) in [6, 6.07) is 14.2. The van der Waals surface area contributed by atoms with Gasteiger partial charge < -0.3 is 30.6 Å². The van der Waals surface area contributed by atoms with Crippen molar-refractivity contribution in [3.63, 3.8) is 0 Å². The van der Waals surface area contributed by atoms with Crippen LogP contribution in [0.25, 0.3) is 33.3 Å². The summed E-state index contributed by atoms with van der Waals surface area (Å²) in [4.78, 5) is 27.2. The van der Waals surface area contributed by atoms with Crippen LogP contribution in [0.3, 0.4) is 0 Å². The van der Waals surface area contributed by atoms with Crippen LogP contribution in [0, 0.1) is 5.92 Å². The van der Waals surface area contributed by atoms with Gasteiger partial charge in [0.05, 0.1) is 22.2 Å². The maximum Gasteiger partial charge on any atom is 0.261 e. The number of aromatic amines is 2. The minimum absolute atomic E-state index is 0.145. The summed E-state index contributed by atoms with van der Waals surface area (Å²) in [7, 11) is 0. The molecular formula is C26H30N6O2. The fourth-order valence-electron chi connectivity index (χ4n) is 5.48. The molecule has 0 amide bonds. The molecule has 8 nitrogen and oxygen atoms in total. The number of anilines is 2. The number of nitrogens with zero attached hydrogens (tertiary/aromatic N) is 2. The molecule has 0 radical (unpaired) electrons. The van der Waals surface area contributed by atoms with Crippen molar-refractivity contribution in [2.75, 3.05) is 43.4 Å². The summed E-state index contributed by atoms with van der Waals surface area (Å²) >= 11 is 0. The van der Waals surface area contributed by atoms with Gasteiger partial charge in [-0.05, 0) is 68.6 Å². The molecule has 176 valence electrons. The van der Waals surface area contributed by atoms with E-state index in [9.17, 15) is 4.79 Å². The van der Waals surface area contributed by atoms with Gasteiger partial charge in [0.25, 0.3) is 5.56 Å². The first-order valence-corrected chi connectivity index (χ1v) is 12.2. The molecule has 0 spiro atoms. The Labute approximate surface area is 197 Å². The summed E-state index contributed by atoms with van der Waals surface area (Å²) in [6.45, 7) is 4.15. The van der Waals surface area contributed by atoms with Crippen LogP contribution in [0.15, 0.2) is 47.3 Å². The number of H-pyrrole nitrogens is 2. The lowest BCUT2D eigenvalue weighted by atomic mass is 9.83. The fraction of sp³-hybridized carbons (Fsp3) is 0.385. The quantitative estimate of drug-likeness (QED) is 0.272. The van der Waals surface area contributed by atoms with Crippen LogP contribution in [-0.2, 0) is 0 Å². The van der Waals surface area contributed by atoms with Crippen molar-refractivity contribution in [2.45, 2.75) is 25.3 Å². The highest BCUT2D eigenvalue weighted by Crippen LogP contribution is 2.36. The lowest BCUT2D eigenvalue weighted by molar-refractivity contribution is 0.0976. The maximum atomic E-state index is 13.5. The normalized spacial score (nSPS) is 21.9. The molecule has 8 heteroatoms. The van der Waals surface area contributed by atoms with Crippen molar-refractivity contribution in [3.8, 4) is 11.4 Å². The Balaban J connectivity index is 1.47. The van der Waals surface area contributed by atoms with Gasteiger partial charge in [0.15, 0.2) is 0 Å². The van der Waals surface area contributed by atoms with Crippen LogP contribution in [0.1, 0.15) is 19.3 Å². The van der Waals surface area contributed by atoms with Gasteiger partial charge in [0.1, 0.15) is 11.4 Å². The summed E-state index contributed by atoms with van der Waals surface area (Å²) in [5.41, 5.74) is 4.69. The van der Waals surface area contributed by atoms with Crippen LogP contribution in [0.4, 0.5) is 11.4 Å². The SMILES string of the molecule is O=c1[nH]c2cc(NCCCO)ccc2c(N[C@H]2CN3CCC2CC3)c1-c1nc2ccccc2[nH]1. The summed E-state index contributed by atoms with van der Waals surface area (Å²) in [5.74, 6) is 1.19. The zero-order valence-corrected chi connectivity index (χ0v) is 19.1. The highest BCUT2D eigenvalue weighted by molar-refractivity contribution is 6.00. The number of hydrogen-bond acceptors (Lipinski definition) is 6. The minimum Gasteiger partial charge on any atom is -0.396 e. The van der Waals surface area contributed by atoms with Crippen molar-refractivity contribution in [3.05, 3.63) is 52.8 Å². The largest absolute Gasteiger partial charge is 0.396 e. The van der Waals surface area contributed by atoms with Crippen LogP contribution in [0.5, 0.6) is 0 Å². The highest BCUT2D eigenvalue weighted by Gasteiger charge is 2.35. The third kappa shape index (κ3) is 3.82. The van der Waals surface area contributed by atoms with E-state index in [0.717, 1.165) is 52.9 Å². The molecule has 2 bridgehead atoms. The molecule has 2 aromatic heterocycles. The molecule has 3 fully saturated rings. The number of aliphatic hydroxyl groups excluding tert-OH is 1. The first-order chi connectivity index (χ1) is 16.7. The van der Waals surface area contributed by atoms with Crippen LogP contribution in [0.2, 0.25) is 0 Å². The minimum atomic E-state index is -0.164. The van der Waals surface area contributed by atoms with Gasteiger partial charge in [-0.1, -0.05) is 12.1 Å². The van der Waals surface area contributed by atoms with E-state index in [4.69, 9.17) is 10.1 Å². The molecule has 0 saturated carbocycles. The number of benzene rings is 2. The van der Waals surface area contributed by atoms with E-state index in [1.165, 1.54) is 12.8 Å². The second-order valence-electron chi connectivity index (χ2n) is 9.46. The number of aliphatic hydroxyl groups is 1. The first kappa shape index (κ1) is 21.2. The van der Waals surface area contributed by atoms with E-state index in [1.54, 1.807) is 0 Å². The first-order valence-electron chi connectivity index (χ1n) is 12.2. The van der Waals surface area contributed by atoms with E-state index < -0.39 is 0 Å². The summed E-state index contributed by atoms with van der Waals surface area (Å²) < 4.78 is 0. The smallest absolute Gasteiger partial charge is 0.261 e. The number of piperidine rings is 3. The third-order valence-corrected chi connectivity index (χ3v) is 7.29. The number of para-hydroxylation sites is 2. The second-order valence-corrected chi connectivity index (χ2v) is 9.46. The molecule has 3 saturated heterocycles. The van der Waals surface area contributed by atoms with Gasteiger partial charge in [-0.25, -0.2) is 4.98 Å². The van der Waals surface area contributed by atoms with Gasteiger partial charge >= 0.3 is 0 Å². The standard InChI is InChI=1S/C26H30N6O2/c33-13-3-10-27-17-6-7-18-21(14-17)31-26(34)23(25-29-19-4-1-2-5-20(19)30-25)24(18)28-22-15-32-11-8-16(22)9-12-32/h1-2,4-7,14,16,22,27,33H,3,8-13,15H2,(H,29,30)(H2,28,31,34)/t22-/m0/s1. The number of pyridine rings is 1. The number of rotatable bonds is 7. The van der Waals surface area contributed by atoms with Gasteiger partial charge in [-0.3, -0.25) is 4.79 Å². The predicted molar refractivity (Wildman–Crippen MR) is 136 cm³/mol. The monoisotopic (exact) mass is 458 g/mol. The topological polar surface area (TPSA) is 109 Å². The fourth-order valence-corrected chi connectivity index (χ4v) is 5.48. The van der Waals surface area contributed by atoms with Crippen molar-refractivity contribution in [2.24, 2.45) is 5.92 Å². The summed E-state index contributed by atoms with van der Waals surface area (Å²) in [5, 5.41) is 17.2. The molecule has 3 aliphatic heterocycles. The average molecular weight is 459 g/mol.